The van der Waals surface area contributed by atoms with Crippen molar-refractivity contribution in [3.05, 3.63) is 156 Å². The van der Waals surface area contributed by atoms with Gasteiger partial charge in [0.2, 0.25) is 0 Å². The average Bonchev–Trinajstić information content (AvgIpc) is 3.77. The van der Waals surface area contributed by atoms with E-state index in [0.717, 1.165) is 11.5 Å². The summed E-state index contributed by atoms with van der Waals surface area (Å²) in [7, 11) is 0. The predicted octanol–water partition coefficient (Wildman–Crippen LogP) is 6.83. The third-order valence-corrected chi connectivity index (χ3v) is 16.8. The first kappa shape index (κ1) is 28.6. The van der Waals surface area contributed by atoms with E-state index in [1.54, 1.807) is 0 Å². The Morgan fingerprint density at radius 2 is 1.46 bits per heavy atom. The van der Waals surface area contributed by atoms with Crippen molar-refractivity contribution in [1.82, 2.24) is 4.68 Å². The van der Waals surface area contributed by atoms with Gasteiger partial charge in [0.05, 0.1) is 0 Å². The number of nitrogens with zero attached hydrogens (tertiary/aromatic N) is 3. The molecule has 0 bridgehead atoms. The fourth-order valence-corrected chi connectivity index (χ4v) is 15.6. The second-order valence-electron chi connectivity index (χ2n) is 15.3. The van der Waals surface area contributed by atoms with E-state index >= 15 is 0 Å². The second kappa shape index (κ2) is 9.53. The Morgan fingerprint density at radius 3 is 2.26 bits per heavy atom. The number of aromatic nitrogens is 3. The average molecular weight is 710 g/mol. The molecule has 0 aliphatic carbocycles. The third-order valence-electron chi connectivity index (χ3n) is 11.4. The van der Waals surface area contributed by atoms with Crippen molar-refractivity contribution in [3.8, 4) is 50.6 Å². The van der Waals surface area contributed by atoms with Crippen LogP contribution >= 0.6 is 0 Å². The molecule has 0 saturated carbocycles. The van der Waals surface area contributed by atoms with Crippen molar-refractivity contribution in [2.75, 3.05) is 0 Å². The Balaban J connectivity index is 1.24. The van der Waals surface area contributed by atoms with E-state index in [1.165, 1.54) is 80.1 Å². The molecule has 2 aromatic heterocycles. The summed E-state index contributed by atoms with van der Waals surface area (Å²) in [4.78, 5) is 0. The zero-order valence-corrected chi connectivity index (χ0v) is 30.7. The van der Waals surface area contributed by atoms with Crippen LogP contribution in [0.2, 0.25) is 0 Å². The molecule has 4 nitrogen and oxygen atoms in total. The molecule has 0 saturated heterocycles. The Labute approximate surface area is 297 Å². The Bertz CT molecular complexity index is 2620. The molecule has 0 N–H and O–H groups in total. The van der Waals surface area contributed by atoms with Crippen molar-refractivity contribution < 1.29 is 14.0 Å². The fourth-order valence-electron chi connectivity index (χ4n) is 9.27. The van der Waals surface area contributed by atoms with Crippen LogP contribution in [0.4, 0.5) is 0 Å². The maximum absolute atomic E-state index is 6.93. The molecule has 1 spiro atoms. The van der Waals surface area contributed by atoms with Gasteiger partial charge >= 0.3 is 280 Å². The van der Waals surface area contributed by atoms with E-state index in [1.807, 2.05) is 0 Å². The predicted molar refractivity (Wildman–Crippen MR) is 200 cm³/mol. The number of fused-ring (bicyclic) bond motifs is 7. The molecular formula is C45H36AsN3O+2. The molecule has 7 aromatic rings. The van der Waals surface area contributed by atoms with E-state index in [-0.39, 0.29) is 5.41 Å². The van der Waals surface area contributed by atoms with Crippen LogP contribution in [0.25, 0.3) is 39.1 Å². The molecule has 5 heteroatoms. The van der Waals surface area contributed by atoms with E-state index in [0.29, 0.717) is 0 Å². The monoisotopic (exact) mass is 709 g/mol. The van der Waals surface area contributed by atoms with Crippen molar-refractivity contribution in [2.45, 2.75) is 45.7 Å². The molecule has 0 fully saturated rings. The summed E-state index contributed by atoms with van der Waals surface area (Å²) in [6.45, 7) is 11.5. The van der Waals surface area contributed by atoms with Gasteiger partial charge in [-0.2, -0.15) is 0 Å². The van der Waals surface area contributed by atoms with Gasteiger partial charge in [-0.25, -0.2) is 0 Å². The molecule has 11 rings (SSSR count). The molecule has 2 atom stereocenters. The Morgan fingerprint density at radius 1 is 0.700 bits per heavy atom. The van der Waals surface area contributed by atoms with Crippen LogP contribution in [-0.2, 0) is 11.1 Å². The van der Waals surface area contributed by atoms with Gasteiger partial charge in [0.15, 0.2) is 0 Å². The van der Waals surface area contributed by atoms with Crippen LogP contribution in [0.1, 0.15) is 48.6 Å². The fraction of sp³-hybridized carbons (Fsp3) is 0.156. The van der Waals surface area contributed by atoms with Gasteiger partial charge in [0.25, 0.3) is 0 Å². The molecule has 50 heavy (non-hydrogen) atoms. The van der Waals surface area contributed by atoms with Crippen molar-refractivity contribution in [2.24, 2.45) is 0 Å². The number of rotatable bonds is 2. The van der Waals surface area contributed by atoms with E-state index in [9.17, 15) is 0 Å². The van der Waals surface area contributed by atoms with E-state index < -0.39 is 20.3 Å². The molecule has 240 valence electrons. The molecule has 4 aliphatic rings. The summed E-state index contributed by atoms with van der Waals surface area (Å²) in [6, 6.07) is 40.6. The summed E-state index contributed by atoms with van der Waals surface area (Å²) < 4.78 is 19.0. The van der Waals surface area contributed by atoms with Crippen molar-refractivity contribution in [3.63, 3.8) is 0 Å². The van der Waals surface area contributed by atoms with Gasteiger partial charge in [-0.1, -0.05) is 18.2 Å². The molecule has 0 radical (unpaired) electrons. The third kappa shape index (κ3) is 3.43. The molecule has 2 unspecified atom stereocenters. The second-order valence-corrected chi connectivity index (χ2v) is 19.6. The van der Waals surface area contributed by atoms with Crippen LogP contribution in [0.3, 0.4) is 0 Å². The van der Waals surface area contributed by atoms with Crippen LogP contribution < -0.4 is 27.2 Å². The number of aryl methyl sites for hydroxylation is 2. The van der Waals surface area contributed by atoms with E-state index in [4.69, 9.17) is 4.74 Å². The summed E-state index contributed by atoms with van der Waals surface area (Å²) >= 11 is -1.96. The minimum atomic E-state index is -1.96. The zero-order chi connectivity index (χ0) is 33.7. The molecule has 0 amide bonds. The summed E-state index contributed by atoms with van der Waals surface area (Å²) in [5.41, 5.74) is 14.8. The summed E-state index contributed by atoms with van der Waals surface area (Å²) in [5.74, 6) is 1.91. The van der Waals surface area contributed by atoms with Gasteiger partial charge in [0, 0.05) is 0 Å². The van der Waals surface area contributed by atoms with Crippen molar-refractivity contribution >= 4 is 27.8 Å². The van der Waals surface area contributed by atoms with Crippen LogP contribution in [0.5, 0.6) is 11.5 Å². The van der Waals surface area contributed by atoms with Gasteiger partial charge < -0.3 is 0 Å². The SMILES string of the molecule is Cc1cc(-c2ccccc2)cc(C)c1-c1cn2[n+](c1)C13c4c(cccc4-2)Oc2ccc4c(c21)[As](c1ccccc1-4)c1cc(C(C)(C)C)cc[n+]13. The summed E-state index contributed by atoms with van der Waals surface area (Å²) in [6.07, 6.45) is 7.16. The maximum atomic E-state index is 6.93. The number of hydrogen-bond donors (Lipinski definition) is 0. The van der Waals surface area contributed by atoms with Crippen molar-refractivity contribution in [1.29, 1.82) is 0 Å². The first-order valence-corrected chi connectivity index (χ1v) is 20.3. The molecule has 4 aliphatic heterocycles. The molecule has 5 aromatic carbocycles. The Kier molecular flexibility index (Phi) is 5.46. The van der Waals surface area contributed by atoms with Gasteiger partial charge in [-0.05, 0) is 0 Å². The van der Waals surface area contributed by atoms with Gasteiger partial charge in [0.1, 0.15) is 0 Å². The van der Waals surface area contributed by atoms with E-state index in [2.05, 4.69) is 176 Å². The Hall–Kier alpha value is -5.18. The topological polar surface area (TPSA) is 21.9 Å². The summed E-state index contributed by atoms with van der Waals surface area (Å²) in [5, 5.41) is 0. The molecular weight excluding hydrogens is 673 g/mol. The van der Waals surface area contributed by atoms with Crippen LogP contribution in [0.15, 0.2) is 128 Å². The minimum absolute atomic E-state index is 0.0295. The first-order chi connectivity index (χ1) is 24.2. The van der Waals surface area contributed by atoms with Crippen LogP contribution in [-0.4, -0.2) is 19.3 Å². The quantitative estimate of drug-likeness (QED) is 0.143. The first-order valence-electron chi connectivity index (χ1n) is 17.5. The van der Waals surface area contributed by atoms with Crippen LogP contribution in [0, 0.1) is 13.8 Å². The number of benzene rings is 5. The normalized spacial score (nSPS) is 18.1. The number of pyridine rings is 1. The van der Waals surface area contributed by atoms with Gasteiger partial charge in [-0.15, -0.1) is 0 Å². The number of ether oxygens (including phenoxy) is 1. The standard InChI is InChI=1S/C45H36AsN3O/c1-27-22-30(29-12-7-6-8-13-29)23-28(2)40(27)31-25-48-36-16-11-17-37-41(36)45(49(48)26-31)42-38(50-37)19-18-34-33-14-9-10-15-35(33)46(43(34)42)39-24-32(44(3,4)5)20-21-47(39)45/h6-26H,1-5H3/q+2. The number of hydrogen-bond acceptors (Lipinski definition) is 1. The molecule has 6 heterocycles. The van der Waals surface area contributed by atoms with Gasteiger partial charge in [-0.3, -0.25) is 0 Å². The zero-order valence-electron chi connectivity index (χ0n) is 28.8.